The molecular weight excluding hydrogens is 414 g/mol. The van der Waals surface area contributed by atoms with Gasteiger partial charge in [-0.2, -0.15) is 10.4 Å². The van der Waals surface area contributed by atoms with Crippen LogP contribution in [0.2, 0.25) is 0 Å². The number of nitriles is 1. The van der Waals surface area contributed by atoms with E-state index in [1.165, 1.54) is 0 Å². The molecule has 0 aliphatic heterocycles. The lowest BCUT2D eigenvalue weighted by atomic mass is 10.1. The first-order valence-electron chi connectivity index (χ1n) is 10.7. The highest BCUT2D eigenvalue weighted by molar-refractivity contribution is 5.69. The minimum Gasteiger partial charge on any atom is -0.439 e. The quantitative estimate of drug-likeness (QED) is 0.426. The summed E-state index contributed by atoms with van der Waals surface area (Å²) >= 11 is 0. The van der Waals surface area contributed by atoms with Crippen LogP contribution in [0.4, 0.5) is 0 Å². The van der Waals surface area contributed by atoms with Crippen molar-refractivity contribution in [3.8, 4) is 40.2 Å². The van der Waals surface area contributed by atoms with Crippen LogP contribution < -0.4 is 10.5 Å². The van der Waals surface area contributed by atoms with E-state index in [0.717, 1.165) is 16.8 Å². The highest BCUT2D eigenvalue weighted by Gasteiger charge is 2.17. The van der Waals surface area contributed by atoms with Crippen molar-refractivity contribution in [2.24, 2.45) is 5.73 Å². The topological polar surface area (TPSA) is 110 Å². The van der Waals surface area contributed by atoms with Crippen LogP contribution in [0.15, 0.2) is 72.9 Å². The minimum atomic E-state index is -0.764. The van der Waals surface area contributed by atoms with E-state index in [-0.39, 0.29) is 12.6 Å². The van der Waals surface area contributed by atoms with E-state index in [4.69, 9.17) is 15.6 Å². The minimum absolute atomic E-state index is 0.0650. The molecule has 0 saturated carbocycles. The van der Waals surface area contributed by atoms with Crippen LogP contribution in [0, 0.1) is 11.3 Å². The van der Waals surface area contributed by atoms with E-state index in [0.29, 0.717) is 28.5 Å². The summed E-state index contributed by atoms with van der Waals surface area (Å²) in [6.07, 6.45) is 0.834. The Balaban J connectivity index is 1.75. The van der Waals surface area contributed by atoms with Crippen molar-refractivity contribution in [2.75, 3.05) is 6.54 Å². The van der Waals surface area contributed by atoms with Gasteiger partial charge < -0.3 is 15.6 Å². The van der Waals surface area contributed by atoms with Crippen LogP contribution in [0.25, 0.3) is 22.5 Å². The second-order valence-electron chi connectivity index (χ2n) is 7.93. The number of hydrogen-bond donors (Lipinski definition) is 2. The molecule has 2 aromatic carbocycles. The molecule has 0 fully saturated rings. The Labute approximate surface area is 192 Å². The van der Waals surface area contributed by atoms with Gasteiger partial charge in [-0.3, -0.25) is 4.98 Å². The van der Waals surface area contributed by atoms with Gasteiger partial charge in [-0.05, 0) is 38.1 Å². The molecule has 7 heteroatoms. The normalized spacial score (nSPS) is 11.9. The second-order valence-corrected chi connectivity index (χ2v) is 7.93. The predicted octanol–water partition coefficient (Wildman–Crippen LogP) is 4.85. The van der Waals surface area contributed by atoms with Crippen molar-refractivity contribution in [3.05, 3.63) is 84.1 Å². The summed E-state index contributed by atoms with van der Waals surface area (Å²) in [6.45, 7) is 4.18. The van der Waals surface area contributed by atoms with E-state index >= 15 is 0 Å². The Kier molecular flexibility index (Phi) is 6.50. The molecule has 0 radical (unpaired) electrons. The van der Waals surface area contributed by atoms with E-state index in [1.807, 2.05) is 61.0 Å². The number of aromatic nitrogens is 3. The standard InChI is InChI=1S/C26H25N5O2/c1-17(2)31-26(13-23(30-31)19-6-4-3-5-7-19)33-25-12-18(14-27)8-10-21(25)22-11-9-20(16-29-22)24(32)15-28/h3-13,16-17,24,32H,15,28H2,1-2H3/t24-/m0/s1. The van der Waals surface area contributed by atoms with Gasteiger partial charge in [0.25, 0.3) is 0 Å². The molecule has 4 aromatic rings. The highest BCUT2D eigenvalue weighted by Crippen LogP contribution is 2.36. The molecule has 1 atom stereocenters. The first-order valence-corrected chi connectivity index (χ1v) is 10.7. The van der Waals surface area contributed by atoms with Crippen LogP contribution in [0.3, 0.4) is 0 Å². The monoisotopic (exact) mass is 439 g/mol. The SMILES string of the molecule is CC(C)n1nc(-c2ccccc2)cc1Oc1cc(C#N)ccc1-c1ccc([C@@H](O)CN)cn1. The van der Waals surface area contributed by atoms with Gasteiger partial charge >= 0.3 is 0 Å². The number of aliphatic hydroxyl groups excluding tert-OH is 1. The molecular formula is C26H25N5O2. The molecule has 0 saturated heterocycles. The highest BCUT2D eigenvalue weighted by atomic mass is 16.5. The molecule has 2 heterocycles. The molecule has 0 unspecified atom stereocenters. The van der Waals surface area contributed by atoms with E-state index in [9.17, 15) is 10.4 Å². The van der Waals surface area contributed by atoms with Crippen LogP contribution in [0.5, 0.6) is 11.6 Å². The summed E-state index contributed by atoms with van der Waals surface area (Å²) in [7, 11) is 0. The second kappa shape index (κ2) is 9.65. The number of benzene rings is 2. The molecule has 7 nitrogen and oxygen atoms in total. The summed E-state index contributed by atoms with van der Waals surface area (Å²) in [5.74, 6) is 1.06. The summed E-state index contributed by atoms with van der Waals surface area (Å²) in [5, 5.41) is 24.1. The first-order chi connectivity index (χ1) is 16.0. The average Bonchev–Trinajstić information content (AvgIpc) is 3.28. The van der Waals surface area contributed by atoms with Crippen molar-refractivity contribution in [2.45, 2.75) is 26.0 Å². The molecule has 3 N–H and O–H groups in total. The Morgan fingerprint density at radius 2 is 1.85 bits per heavy atom. The molecule has 33 heavy (non-hydrogen) atoms. The lowest BCUT2D eigenvalue weighted by Gasteiger charge is -2.15. The molecule has 4 rings (SSSR count). The summed E-state index contributed by atoms with van der Waals surface area (Å²) in [6, 6.07) is 22.8. The van der Waals surface area contributed by atoms with Gasteiger partial charge in [0.05, 0.1) is 35.2 Å². The fourth-order valence-electron chi connectivity index (χ4n) is 3.47. The Morgan fingerprint density at radius 1 is 1.06 bits per heavy atom. The number of rotatable bonds is 7. The zero-order chi connectivity index (χ0) is 23.4. The number of hydrogen-bond acceptors (Lipinski definition) is 6. The summed E-state index contributed by atoms with van der Waals surface area (Å²) < 4.78 is 8.16. The maximum atomic E-state index is 9.95. The largest absolute Gasteiger partial charge is 0.439 e. The third-order valence-corrected chi connectivity index (χ3v) is 5.26. The molecule has 0 aliphatic carbocycles. The van der Waals surface area contributed by atoms with Crippen LogP contribution in [-0.4, -0.2) is 26.4 Å². The molecule has 2 aromatic heterocycles. The van der Waals surface area contributed by atoms with Gasteiger partial charge in [0.2, 0.25) is 5.88 Å². The van der Waals surface area contributed by atoms with Gasteiger partial charge in [-0.1, -0.05) is 36.4 Å². The van der Waals surface area contributed by atoms with Crippen molar-refractivity contribution in [3.63, 3.8) is 0 Å². The molecule has 166 valence electrons. The van der Waals surface area contributed by atoms with Gasteiger partial charge in [-0.25, -0.2) is 4.68 Å². The molecule has 0 amide bonds. The fourth-order valence-corrected chi connectivity index (χ4v) is 3.47. The number of nitrogens with zero attached hydrogens (tertiary/aromatic N) is 4. The summed E-state index contributed by atoms with van der Waals surface area (Å²) in [4.78, 5) is 4.49. The van der Waals surface area contributed by atoms with Crippen molar-refractivity contribution >= 4 is 0 Å². The third-order valence-electron chi connectivity index (χ3n) is 5.26. The van der Waals surface area contributed by atoms with Gasteiger partial charge in [0.1, 0.15) is 5.75 Å². The number of nitrogens with two attached hydrogens (primary N) is 1. The van der Waals surface area contributed by atoms with Crippen molar-refractivity contribution in [1.82, 2.24) is 14.8 Å². The number of ether oxygens (including phenoxy) is 1. The lowest BCUT2D eigenvalue weighted by Crippen LogP contribution is -2.11. The Hall–Kier alpha value is -3.99. The number of aliphatic hydroxyl groups is 1. The first kappa shape index (κ1) is 22.2. The summed E-state index contributed by atoms with van der Waals surface area (Å²) in [5.41, 5.74) is 9.82. The maximum Gasteiger partial charge on any atom is 0.218 e. The Bertz CT molecular complexity index is 1270. The smallest absolute Gasteiger partial charge is 0.218 e. The average molecular weight is 440 g/mol. The van der Waals surface area contributed by atoms with Gasteiger partial charge in [0, 0.05) is 35.5 Å². The predicted molar refractivity (Wildman–Crippen MR) is 127 cm³/mol. The Morgan fingerprint density at radius 3 is 2.48 bits per heavy atom. The third kappa shape index (κ3) is 4.77. The van der Waals surface area contributed by atoms with E-state index < -0.39 is 6.10 Å². The van der Waals surface area contributed by atoms with Crippen LogP contribution in [0.1, 0.15) is 37.1 Å². The van der Waals surface area contributed by atoms with Crippen molar-refractivity contribution < 1.29 is 9.84 Å². The number of pyridine rings is 1. The molecule has 0 bridgehead atoms. The maximum absolute atomic E-state index is 9.95. The zero-order valence-corrected chi connectivity index (χ0v) is 18.5. The fraction of sp³-hybridized carbons (Fsp3) is 0.192. The molecule has 0 spiro atoms. The zero-order valence-electron chi connectivity index (χ0n) is 18.5. The van der Waals surface area contributed by atoms with E-state index in [1.54, 1.807) is 30.5 Å². The van der Waals surface area contributed by atoms with E-state index in [2.05, 4.69) is 11.1 Å². The van der Waals surface area contributed by atoms with Gasteiger partial charge in [-0.15, -0.1) is 0 Å². The molecule has 0 aliphatic rings. The van der Waals surface area contributed by atoms with Crippen molar-refractivity contribution in [1.29, 1.82) is 5.26 Å². The lowest BCUT2D eigenvalue weighted by molar-refractivity contribution is 0.186. The van der Waals surface area contributed by atoms with Crippen LogP contribution in [-0.2, 0) is 0 Å². The van der Waals surface area contributed by atoms with Gasteiger partial charge in [0.15, 0.2) is 0 Å². The van der Waals surface area contributed by atoms with Crippen LogP contribution >= 0.6 is 0 Å².